The highest BCUT2D eigenvalue weighted by Gasteiger charge is 2.24. The van der Waals surface area contributed by atoms with Crippen LogP contribution in [0, 0.1) is 5.92 Å². The average Bonchev–Trinajstić information content (AvgIpc) is 2.78. The van der Waals surface area contributed by atoms with Crippen molar-refractivity contribution < 1.29 is 14.3 Å². The Morgan fingerprint density at radius 3 is 2.23 bits per heavy atom. The summed E-state index contributed by atoms with van der Waals surface area (Å²) in [6, 6.07) is 9.14. The Hall–Kier alpha value is -1.88. The van der Waals surface area contributed by atoms with Crippen molar-refractivity contribution in [1.82, 2.24) is 10.2 Å². The minimum absolute atomic E-state index is 0.0363. The lowest BCUT2D eigenvalue weighted by Crippen LogP contribution is -2.38. The van der Waals surface area contributed by atoms with E-state index in [1.54, 1.807) is 0 Å². The third kappa shape index (κ3) is 6.31. The van der Waals surface area contributed by atoms with E-state index in [4.69, 9.17) is 4.74 Å². The molecule has 1 saturated heterocycles. The molecule has 1 N–H and O–H groups in total. The first kappa shape index (κ1) is 22.8. The van der Waals surface area contributed by atoms with E-state index < -0.39 is 0 Å². The van der Waals surface area contributed by atoms with Crippen LogP contribution in [-0.2, 0) is 9.53 Å². The Balaban J connectivity index is 1.43. The number of nitrogens with one attached hydrogen (secondary N) is 1. The van der Waals surface area contributed by atoms with Gasteiger partial charge in [-0.1, -0.05) is 12.1 Å². The van der Waals surface area contributed by atoms with Crippen LogP contribution >= 0.6 is 0 Å². The van der Waals surface area contributed by atoms with Crippen molar-refractivity contribution in [3.05, 3.63) is 35.4 Å². The van der Waals surface area contributed by atoms with Crippen molar-refractivity contribution >= 4 is 11.9 Å². The van der Waals surface area contributed by atoms with Crippen LogP contribution in [0.4, 0.5) is 0 Å². The molecule has 5 nitrogen and oxygen atoms in total. The van der Waals surface area contributed by atoms with Crippen molar-refractivity contribution in [2.75, 3.05) is 20.2 Å². The number of rotatable bonds is 7. The van der Waals surface area contributed by atoms with Crippen molar-refractivity contribution in [3.8, 4) is 0 Å². The maximum absolute atomic E-state index is 12.7. The highest BCUT2D eigenvalue weighted by Crippen LogP contribution is 2.30. The lowest BCUT2D eigenvalue weighted by atomic mass is 9.83. The second kappa shape index (κ2) is 10.9. The Morgan fingerprint density at radius 1 is 1.03 bits per heavy atom. The molecule has 5 heteroatoms. The Bertz CT molecular complexity index is 685. The number of piperidine rings is 1. The maximum Gasteiger partial charge on any atom is 0.305 e. The Kier molecular flexibility index (Phi) is 8.32. The lowest BCUT2D eigenvalue weighted by Gasteiger charge is -2.34. The second-order valence-electron chi connectivity index (χ2n) is 9.33. The van der Waals surface area contributed by atoms with Gasteiger partial charge in [0.15, 0.2) is 0 Å². The number of carbonyl (C=O) groups is 2. The minimum atomic E-state index is -0.126. The Labute approximate surface area is 181 Å². The first-order valence-electron chi connectivity index (χ1n) is 11.7. The van der Waals surface area contributed by atoms with Crippen LogP contribution < -0.4 is 5.32 Å². The predicted octanol–water partition coefficient (Wildman–Crippen LogP) is 4.52. The van der Waals surface area contributed by atoms with Gasteiger partial charge in [-0.15, -0.1) is 0 Å². The molecule has 0 aromatic heterocycles. The highest BCUT2D eigenvalue weighted by atomic mass is 16.5. The maximum atomic E-state index is 12.7. The van der Waals surface area contributed by atoms with Crippen LogP contribution in [0.15, 0.2) is 24.3 Å². The molecular weight excluding hydrogens is 376 g/mol. The molecule has 1 aliphatic heterocycles. The summed E-state index contributed by atoms with van der Waals surface area (Å²) in [5.74, 6) is 1.09. The molecule has 0 atom stereocenters. The van der Waals surface area contributed by atoms with E-state index in [0.717, 1.165) is 50.8 Å². The van der Waals surface area contributed by atoms with Crippen molar-refractivity contribution in [1.29, 1.82) is 0 Å². The molecule has 1 aromatic rings. The number of likely N-dealkylation sites (tertiary alicyclic amines) is 1. The fourth-order valence-electron chi connectivity index (χ4n) is 4.94. The zero-order valence-corrected chi connectivity index (χ0v) is 18.9. The number of amides is 1. The summed E-state index contributed by atoms with van der Waals surface area (Å²) in [5.41, 5.74) is 2.12. The van der Waals surface area contributed by atoms with Gasteiger partial charge in [0.25, 0.3) is 5.91 Å². The van der Waals surface area contributed by atoms with Crippen LogP contribution in [0.3, 0.4) is 0 Å². The van der Waals surface area contributed by atoms with Crippen LogP contribution in [0.25, 0.3) is 0 Å². The lowest BCUT2D eigenvalue weighted by molar-refractivity contribution is -0.141. The smallest absolute Gasteiger partial charge is 0.305 e. The van der Waals surface area contributed by atoms with Crippen molar-refractivity contribution in [2.24, 2.45) is 5.92 Å². The summed E-state index contributed by atoms with van der Waals surface area (Å²) in [5, 5.41) is 3.21. The predicted molar refractivity (Wildman–Crippen MR) is 120 cm³/mol. The number of esters is 1. The second-order valence-corrected chi connectivity index (χ2v) is 9.33. The van der Waals surface area contributed by atoms with Gasteiger partial charge in [0.05, 0.1) is 7.11 Å². The molecule has 0 spiro atoms. The van der Waals surface area contributed by atoms with E-state index in [-0.39, 0.29) is 17.9 Å². The molecule has 1 aromatic carbocycles. The van der Waals surface area contributed by atoms with Gasteiger partial charge in [0, 0.05) is 24.1 Å². The molecule has 1 heterocycles. The zero-order valence-electron chi connectivity index (χ0n) is 18.9. The van der Waals surface area contributed by atoms with Gasteiger partial charge in [-0.05, 0) is 101 Å². The third-order valence-corrected chi connectivity index (χ3v) is 7.07. The largest absolute Gasteiger partial charge is 0.469 e. The normalized spacial score (nSPS) is 23.3. The minimum Gasteiger partial charge on any atom is -0.469 e. The molecule has 166 valence electrons. The topological polar surface area (TPSA) is 58.6 Å². The number of hydrogen-bond donors (Lipinski definition) is 1. The number of ether oxygens (including phenoxy) is 1. The summed E-state index contributed by atoms with van der Waals surface area (Å²) < 4.78 is 4.73. The van der Waals surface area contributed by atoms with Crippen LogP contribution in [0.2, 0.25) is 0 Å². The molecule has 30 heavy (non-hydrogen) atoms. The van der Waals surface area contributed by atoms with Crippen LogP contribution in [-0.4, -0.2) is 49.1 Å². The van der Waals surface area contributed by atoms with E-state index in [9.17, 15) is 9.59 Å². The van der Waals surface area contributed by atoms with Gasteiger partial charge in [0.1, 0.15) is 0 Å². The van der Waals surface area contributed by atoms with E-state index in [1.807, 2.05) is 12.1 Å². The molecule has 1 aliphatic carbocycles. The fraction of sp³-hybridized carbons (Fsp3) is 0.680. The summed E-state index contributed by atoms with van der Waals surface area (Å²) >= 11 is 0. The quantitative estimate of drug-likeness (QED) is 0.667. The Morgan fingerprint density at radius 2 is 1.67 bits per heavy atom. The SMILES string of the molecule is COC(=O)CC[C@H]1CC[C@H](NC(=O)c2ccc(C3CCN(C(C)C)CC3)cc2)CC1. The van der Waals surface area contributed by atoms with Gasteiger partial charge in [-0.2, -0.15) is 0 Å². The molecule has 2 aliphatic rings. The monoisotopic (exact) mass is 414 g/mol. The molecule has 3 rings (SSSR count). The van der Waals surface area contributed by atoms with Gasteiger partial charge in [0.2, 0.25) is 0 Å². The van der Waals surface area contributed by atoms with Gasteiger partial charge < -0.3 is 15.0 Å². The molecule has 0 radical (unpaired) electrons. The van der Waals surface area contributed by atoms with E-state index in [1.165, 1.54) is 25.5 Å². The average molecular weight is 415 g/mol. The summed E-state index contributed by atoms with van der Waals surface area (Å²) in [4.78, 5) is 26.5. The summed E-state index contributed by atoms with van der Waals surface area (Å²) in [6.07, 6.45) is 7.90. The van der Waals surface area contributed by atoms with Gasteiger partial charge in [-0.3, -0.25) is 9.59 Å². The number of methoxy groups -OCH3 is 1. The number of benzene rings is 1. The molecule has 0 bridgehead atoms. The first-order valence-corrected chi connectivity index (χ1v) is 11.7. The molecule has 0 unspecified atom stereocenters. The van der Waals surface area contributed by atoms with E-state index >= 15 is 0 Å². The van der Waals surface area contributed by atoms with Crippen molar-refractivity contribution in [3.63, 3.8) is 0 Å². The number of hydrogen-bond acceptors (Lipinski definition) is 4. The zero-order chi connectivity index (χ0) is 21.5. The number of carbonyl (C=O) groups excluding carboxylic acids is 2. The summed E-state index contributed by atoms with van der Waals surface area (Å²) in [7, 11) is 1.44. The highest BCUT2D eigenvalue weighted by molar-refractivity contribution is 5.94. The van der Waals surface area contributed by atoms with E-state index in [2.05, 4.69) is 36.2 Å². The molecular formula is C25H38N2O3. The van der Waals surface area contributed by atoms with Gasteiger partial charge >= 0.3 is 5.97 Å². The van der Waals surface area contributed by atoms with Gasteiger partial charge in [-0.25, -0.2) is 0 Å². The van der Waals surface area contributed by atoms with Crippen molar-refractivity contribution in [2.45, 2.75) is 83.2 Å². The molecule has 1 saturated carbocycles. The number of nitrogens with zero attached hydrogens (tertiary/aromatic N) is 1. The van der Waals surface area contributed by atoms with Crippen LogP contribution in [0.1, 0.15) is 87.1 Å². The van der Waals surface area contributed by atoms with Crippen LogP contribution in [0.5, 0.6) is 0 Å². The molecule has 1 amide bonds. The summed E-state index contributed by atoms with van der Waals surface area (Å²) in [6.45, 7) is 6.85. The fourth-order valence-corrected chi connectivity index (χ4v) is 4.94. The molecule has 2 fully saturated rings. The standard InChI is InChI=1S/C25H38N2O3/c1-18(2)27-16-14-21(15-17-27)20-7-9-22(10-8-20)25(29)26-23-11-4-19(5-12-23)6-13-24(28)30-3/h7-10,18-19,21,23H,4-6,11-17H2,1-3H3,(H,26,29)/t19-,23-. The third-order valence-electron chi connectivity index (χ3n) is 7.07. The van der Waals surface area contributed by atoms with E-state index in [0.29, 0.717) is 24.3 Å². The first-order chi connectivity index (χ1) is 14.5.